The zero-order valence-electron chi connectivity index (χ0n) is 10.0. The van der Waals surface area contributed by atoms with Gasteiger partial charge in [-0.2, -0.15) is 0 Å². The van der Waals surface area contributed by atoms with Crippen LogP contribution in [-0.2, 0) is 0 Å². The maximum atomic E-state index is 7.32. The summed E-state index contributed by atoms with van der Waals surface area (Å²) in [6.07, 6.45) is 5.87. The maximum absolute atomic E-state index is 7.32. The molecule has 0 rings (SSSR count). The van der Waals surface area contributed by atoms with Crippen molar-refractivity contribution in [2.24, 2.45) is 5.92 Å². The van der Waals surface area contributed by atoms with Crippen molar-refractivity contribution >= 4 is 6.34 Å². The van der Waals surface area contributed by atoms with E-state index in [1.165, 1.54) is 11.9 Å². The van der Waals surface area contributed by atoms with Gasteiger partial charge in [-0.3, -0.25) is 5.41 Å². The van der Waals surface area contributed by atoms with Crippen molar-refractivity contribution in [1.82, 2.24) is 4.90 Å². The molecule has 14 heavy (non-hydrogen) atoms. The Morgan fingerprint density at radius 1 is 1.43 bits per heavy atom. The van der Waals surface area contributed by atoms with E-state index in [0.717, 1.165) is 25.9 Å². The number of nitrogens with zero attached hydrogens (tertiary/aromatic N) is 1. The van der Waals surface area contributed by atoms with Crippen LogP contribution in [0.4, 0.5) is 0 Å². The molecule has 0 aliphatic carbocycles. The minimum absolute atomic E-state index is 0.716. The lowest BCUT2D eigenvalue weighted by atomic mass is 10.1. The van der Waals surface area contributed by atoms with Gasteiger partial charge in [0.1, 0.15) is 0 Å². The van der Waals surface area contributed by atoms with E-state index in [2.05, 4.69) is 38.7 Å². The SMILES string of the molecule is C/C=C(/CC)CN(C=N)CCC(C)C. The molecule has 0 radical (unpaired) electrons. The summed E-state index contributed by atoms with van der Waals surface area (Å²) in [5.74, 6) is 0.716. The average molecular weight is 196 g/mol. The van der Waals surface area contributed by atoms with Gasteiger partial charge in [0.15, 0.2) is 0 Å². The average Bonchev–Trinajstić information content (AvgIpc) is 2.18. The van der Waals surface area contributed by atoms with Crippen molar-refractivity contribution in [3.63, 3.8) is 0 Å². The fourth-order valence-corrected chi connectivity index (χ4v) is 1.28. The molecule has 1 N–H and O–H groups in total. The first kappa shape index (κ1) is 13.2. The van der Waals surface area contributed by atoms with Crippen molar-refractivity contribution in [3.8, 4) is 0 Å². The largest absolute Gasteiger partial charge is 0.359 e. The van der Waals surface area contributed by atoms with Gasteiger partial charge in [-0.1, -0.05) is 32.4 Å². The van der Waals surface area contributed by atoms with Gasteiger partial charge >= 0.3 is 0 Å². The van der Waals surface area contributed by atoms with Crippen LogP contribution in [0.1, 0.15) is 40.5 Å². The van der Waals surface area contributed by atoms with Crippen LogP contribution in [0.25, 0.3) is 0 Å². The van der Waals surface area contributed by atoms with Gasteiger partial charge < -0.3 is 4.90 Å². The molecule has 82 valence electrons. The van der Waals surface area contributed by atoms with E-state index in [0.29, 0.717) is 5.92 Å². The number of allylic oxidation sites excluding steroid dienone is 1. The Morgan fingerprint density at radius 3 is 2.43 bits per heavy atom. The third-order valence-corrected chi connectivity index (χ3v) is 2.44. The van der Waals surface area contributed by atoms with Crippen LogP contribution in [0.15, 0.2) is 11.6 Å². The molecular formula is C12H24N2. The lowest BCUT2D eigenvalue weighted by Gasteiger charge is -2.21. The molecule has 0 saturated heterocycles. The molecule has 0 aliphatic rings. The first-order valence-corrected chi connectivity index (χ1v) is 5.52. The minimum atomic E-state index is 0.716. The Hall–Kier alpha value is -0.790. The summed E-state index contributed by atoms with van der Waals surface area (Å²) in [5.41, 5.74) is 1.41. The van der Waals surface area contributed by atoms with Crippen LogP contribution in [0.3, 0.4) is 0 Å². The molecule has 0 unspecified atom stereocenters. The second-order valence-corrected chi connectivity index (χ2v) is 4.08. The molecule has 2 heteroatoms. The molecule has 0 aliphatic heterocycles. The normalized spacial score (nSPS) is 11.9. The van der Waals surface area contributed by atoms with Crippen molar-refractivity contribution in [2.45, 2.75) is 40.5 Å². The predicted molar refractivity (Wildman–Crippen MR) is 63.9 cm³/mol. The first-order chi connectivity index (χ1) is 6.63. The highest BCUT2D eigenvalue weighted by Gasteiger charge is 2.03. The Bertz CT molecular complexity index is 183. The zero-order valence-corrected chi connectivity index (χ0v) is 10.0. The molecule has 0 bridgehead atoms. The monoisotopic (exact) mass is 196 g/mol. The van der Waals surface area contributed by atoms with E-state index in [1.807, 2.05) is 0 Å². The molecule has 0 amide bonds. The highest BCUT2D eigenvalue weighted by atomic mass is 15.1. The van der Waals surface area contributed by atoms with Crippen LogP contribution in [0, 0.1) is 11.3 Å². The molecule has 0 aromatic rings. The molecule has 0 heterocycles. The molecule has 0 spiro atoms. The summed E-state index contributed by atoms with van der Waals surface area (Å²) in [6, 6.07) is 0. The van der Waals surface area contributed by atoms with Crippen LogP contribution < -0.4 is 0 Å². The Balaban J connectivity index is 3.96. The topological polar surface area (TPSA) is 27.1 Å². The van der Waals surface area contributed by atoms with Gasteiger partial charge in [0, 0.05) is 13.1 Å². The maximum Gasteiger partial charge on any atom is 0.0820 e. The van der Waals surface area contributed by atoms with Crippen LogP contribution in [-0.4, -0.2) is 24.3 Å². The van der Waals surface area contributed by atoms with Gasteiger partial charge in [0.2, 0.25) is 0 Å². The summed E-state index contributed by atoms with van der Waals surface area (Å²) >= 11 is 0. The van der Waals surface area contributed by atoms with Gasteiger partial charge in [0.05, 0.1) is 6.34 Å². The fraction of sp³-hybridized carbons (Fsp3) is 0.750. The third-order valence-electron chi connectivity index (χ3n) is 2.44. The van der Waals surface area contributed by atoms with E-state index >= 15 is 0 Å². The van der Waals surface area contributed by atoms with Crippen molar-refractivity contribution in [1.29, 1.82) is 5.41 Å². The Morgan fingerprint density at radius 2 is 2.07 bits per heavy atom. The quantitative estimate of drug-likeness (QED) is 0.377. The second kappa shape index (κ2) is 7.60. The number of nitrogens with one attached hydrogen (secondary N) is 1. The lowest BCUT2D eigenvalue weighted by Crippen LogP contribution is -2.26. The Kier molecular flexibility index (Phi) is 7.17. The summed E-state index contributed by atoms with van der Waals surface area (Å²) in [7, 11) is 0. The molecule has 0 aromatic carbocycles. The fourth-order valence-electron chi connectivity index (χ4n) is 1.28. The minimum Gasteiger partial charge on any atom is -0.359 e. The zero-order chi connectivity index (χ0) is 11.0. The highest BCUT2D eigenvalue weighted by Crippen LogP contribution is 2.06. The van der Waals surface area contributed by atoms with Gasteiger partial charge in [0.25, 0.3) is 0 Å². The summed E-state index contributed by atoms with van der Waals surface area (Å²) in [4.78, 5) is 2.08. The van der Waals surface area contributed by atoms with Crippen LogP contribution in [0.5, 0.6) is 0 Å². The predicted octanol–water partition coefficient (Wildman–Crippen LogP) is 3.30. The molecule has 0 atom stereocenters. The van der Waals surface area contributed by atoms with E-state index in [1.54, 1.807) is 0 Å². The van der Waals surface area contributed by atoms with Crippen LogP contribution in [0.2, 0.25) is 0 Å². The van der Waals surface area contributed by atoms with Crippen LogP contribution >= 0.6 is 0 Å². The smallest absolute Gasteiger partial charge is 0.0820 e. The number of rotatable bonds is 7. The summed E-state index contributed by atoms with van der Waals surface area (Å²) in [6.45, 7) is 10.6. The summed E-state index contributed by atoms with van der Waals surface area (Å²) in [5, 5.41) is 7.32. The van der Waals surface area contributed by atoms with Crippen molar-refractivity contribution in [2.75, 3.05) is 13.1 Å². The van der Waals surface area contributed by atoms with Crippen molar-refractivity contribution < 1.29 is 0 Å². The van der Waals surface area contributed by atoms with Gasteiger partial charge in [-0.25, -0.2) is 0 Å². The number of hydrogen-bond acceptors (Lipinski definition) is 1. The summed E-state index contributed by atoms with van der Waals surface area (Å²) < 4.78 is 0. The molecule has 0 aromatic heterocycles. The standard InChI is InChI=1S/C12H24N2/c1-5-12(6-2)9-14(10-13)8-7-11(3)4/h5,10-11,13H,6-9H2,1-4H3/b12-5-,13-10?. The Labute approximate surface area is 88.5 Å². The van der Waals surface area contributed by atoms with E-state index in [9.17, 15) is 0 Å². The lowest BCUT2D eigenvalue weighted by molar-refractivity contribution is 0.408. The van der Waals surface area contributed by atoms with Gasteiger partial charge in [-0.15, -0.1) is 0 Å². The third kappa shape index (κ3) is 5.79. The van der Waals surface area contributed by atoms with E-state index in [4.69, 9.17) is 5.41 Å². The van der Waals surface area contributed by atoms with Gasteiger partial charge in [-0.05, 0) is 25.7 Å². The molecular weight excluding hydrogens is 172 g/mol. The second-order valence-electron chi connectivity index (χ2n) is 4.08. The molecule has 2 nitrogen and oxygen atoms in total. The molecule has 0 fully saturated rings. The first-order valence-electron chi connectivity index (χ1n) is 5.52. The molecule has 0 saturated carbocycles. The highest BCUT2D eigenvalue weighted by molar-refractivity contribution is 5.51. The van der Waals surface area contributed by atoms with Crippen molar-refractivity contribution in [3.05, 3.63) is 11.6 Å². The van der Waals surface area contributed by atoms with E-state index < -0.39 is 0 Å². The van der Waals surface area contributed by atoms with E-state index in [-0.39, 0.29) is 0 Å². The number of hydrogen-bond donors (Lipinski definition) is 1.